The van der Waals surface area contributed by atoms with E-state index in [2.05, 4.69) is 25.4 Å². The highest BCUT2D eigenvalue weighted by Gasteiger charge is 2.43. The van der Waals surface area contributed by atoms with E-state index in [1.807, 2.05) is 24.3 Å². The van der Waals surface area contributed by atoms with Gasteiger partial charge in [0.05, 0.1) is 30.1 Å². The predicted octanol–water partition coefficient (Wildman–Crippen LogP) is 4.20. The van der Waals surface area contributed by atoms with Crippen LogP contribution in [-0.2, 0) is 4.79 Å². The van der Waals surface area contributed by atoms with E-state index in [4.69, 9.17) is 4.74 Å². The molecule has 5 rings (SSSR count). The van der Waals surface area contributed by atoms with Crippen LogP contribution in [0.1, 0.15) is 42.6 Å². The number of aromatic nitrogens is 3. The van der Waals surface area contributed by atoms with Gasteiger partial charge < -0.3 is 20.1 Å². The van der Waals surface area contributed by atoms with Crippen LogP contribution in [0, 0.1) is 11.3 Å². The van der Waals surface area contributed by atoms with Crippen LogP contribution in [0.3, 0.4) is 0 Å². The summed E-state index contributed by atoms with van der Waals surface area (Å²) in [5, 5.41) is 19.1. The number of hydrogen-bond acceptors (Lipinski definition) is 6. The topological polar surface area (TPSA) is 120 Å². The number of amides is 1. The maximum Gasteiger partial charge on any atom is 0.306 e. The molecule has 3 N–H and O–H groups in total. The van der Waals surface area contributed by atoms with Crippen molar-refractivity contribution < 1.29 is 19.4 Å². The molecule has 1 aromatic carbocycles. The molecule has 182 valence electrons. The van der Waals surface area contributed by atoms with Crippen LogP contribution in [0.15, 0.2) is 48.7 Å². The summed E-state index contributed by atoms with van der Waals surface area (Å²) in [5.41, 5.74) is 3.43. The highest BCUT2D eigenvalue weighted by Crippen LogP contribution is 2.49. The van der Waals surface area contributed by atoms with E-state index >= 15 is 0 Å². The van der Waals surface area contributed by atoms with E-state index in [1.165, 1.54) is 0 Å². The lowest BCUT2D eigenvalue weighted by atomic mass is 9.76. The summed E-state index contributed by atoms with van der Waals surface area (Å²) in [6.45, 7) is 1.76. The Morgan fingerprint density at radius 1 is 1.17 bits per heavy atom. The van der Waals surface area contributed by atoms with E-state index < -0.39 is 5.97 Å². The van der Waals surface area contributed by atoms with Gasteiger partial charge in [0.15, 0.2) is 0 Å². The maximum absolute atomic E-state index is 12.9. The lowest BCUT2D eigenvalue weighted by molar-refractivity contribution is -0.141. The van der Waals surface area contributed by atoms with Crippen molar-refractivity contribution in [3.8, 4) is 17.1 Å². The van der Waals surface area contributed by atoms with E-state index in [-0.39, 0.29) is 17.2 Å². The van der Waals surface area contributed by atoms with Crippen molar-refractivity contribution in [1.82, 2.24) is 15.2 Å². The summed E-state index contributed by atoms with van der Waals surface area (Å²) in [4.78, 5) is 31.0. The first-order valence-electron chi connectivity index (χ1n) is 11.9. The predicted molar refractivity (Wildman–Crippen MR) is 132 cm³/mol. The van der Waals surface area contributed by atoms with Gasteiger partial charge in [-0.2, -0.15) is 5.10 Å². The average Bonchev–Trinajstić information content (AvgIpc) is 3.56. The van der Waals surface area contributed by atoms with Gasteiger partial charge in [0.1, 0.15) is 11.4 Å². The molecule has 3 heterocycles. The SMILES string of the molecule is COc1cc(N2CCC3(CCC(C(=O)O)C3)CC2)ccc1NC(=O)c1cccc(-c2ccn[nH]2)n1. The summed E-state index contributed by atoms with van der Waals surface area (Å²) in [6, 6.07) is 12.8. The first-order chi connectivity index (χ1) is 17.0. The number of aromatic amines is 1. The molecule has 2 aliphatic rings. The lowest BCUT2D eigenvalue weighted by Gasteiger charge is -2.40. The molecule has 1 aliphatic heterocycles. The molecule has 1 spiro atoms. The zero-order valence-electron chi connectivity index (χ0n) is 19.7. The Bertz CT molecular complexity index is 1220. The van der Waals surface area contributed by atoms with Gasteiger partial charge in [0.2, 0.25) is 0 Å². The summed E-state index contributed by atoms with van der Waals surface area (Å²) in [5.74, 6) is -0.603. The quantitative estimate of drug-likeness (QED) is 0.488. The Hall–Kier alpha value is -3.88. The lowest BCUT2D eigenvalue weighted by Crippen LogP contribution is -2.39. The minimum absolute atomic E-state index is 0.162. The first-order valence-corrected chi connectivity index (χ1v) is 11.9. The number of rotatable bonds is 6. The second kappa shape index (κ2) is 9.40. The number of H-pyrrole nitrogens is 1. The third kappa shape index (κ3) is 4.71. The Labute approximate surface area is 203 Å². The molecule has 2 aromatic heterocycles. The van der Waals surface area contributed by atoms with Crippen molar-refractivity contribution in [3.63, 3.8) is 0 Å². The molecule has 9 nitrogen and oxygen atoms in total. The highest BCUT2D eigenvalue weighted by atomic mass is 16.5. The molecule has 1 saturated heterocycles. The molecule has 3 aromatic rings. The molecule has 1 aliphatic carbocycles. The number of hydrogen-bond donors (Lipinski definition) is 3. The van der Waals surface area contributed by atoms with Crippen LogP contribution in [0.4, 0.5) is 11.4 Å². The standard InChI is InChI=1S/C26H29N5O4/c1-35-23-15-18(31-13-10-26(11-14-31)9-7-17(16-26)25(33)34)5-6-21(23)29-24(32)22-4-2-3-19(28-22)20-8-12-27-30-20/h2-6,8,12,15,17H,7,9-11,13-14,16H2,1H3,(H,27,30)(H,29,32)(H,33,34). The fourth-order valence-corrected chi connectivity index (χ4v) is 5.39. The molecular weight excluding hydrogens is 446 g/mol. The van der Waals surface area contributed by atoms with Crippen molar-refractivity contribution in [2.24, 2.45) is 11.3 Å². The molecule has 1 amide bonds. The average molecular weight is 476 g/mol. The minimum atomic E-state index is -0.657. The first kappa shape index (κ1) is 22.9. The number of anilines is 2. The summed E-state index contributed by atoms with van der Waals surface area (Å²) < 4.78 is 5.59. The van der Waals surface area contributed by atoms with E-state index in [1.54, 1.807) is 31.5 Å². The fourth-order valence-electron chi connectivity index (χ4n) is 5.39. The number of carboxylic acids is 1. The zero-order valence-corrected chi connectivity index (χ0v) is 19.7. The number of carbonyl (C=O) groups excluding carboxylic acids is 1. The van der Waals surface area contributed by atoms with Crippen molar-refractivity contribution in [2.75, 3.05) is 30.4 Å². The monoisotopic (exact) mass is 475 g/mol. The number of methoxy groups -OCH3 is 1. The smallest absolute Gasteiger partial charge is 0.306 e. The third-order valence-electron chi connectivity index (χ3n) is 7.43. The Balaban J connectivity index is 1.26. The largest absolute Gasteiger partial charge is 0.494 e. The van der Waals surface area contributed by atoms with Crippen LogP contribution in [0.2, 0.25) is 0 Å². The molecule has 1 saturated carbocycles. The Morgan fingerprint density at radius 2 is 2.00 bits per heavy atom. The van der Waals surface area contributed by atoms with E-state index in [9.17, 15) is 14.7 Å². The molecule has 1 unspecified atom stereocenters. The van der Waals surface area contributed by atoms with Gasteiger partial charge in [-0.3, -0.25) is 14.7 Å². The zero-order chi connectivity index (χ0) is 24.4. The Morgan fingerprint density at radius 3 is 2.69 bits per heavy atom. The second-order valence-electron chi connectivity index (χ2n) is 9.48. The molecule has 1 atom stereocenters. The summed E-state index contributed by atoms with van der Waals surface area (Å²) >= 11 is 0. The van der Waals surface area contributed by atoms with Gasteiger partial charge in [0, 0.05) is 31.0 Å². The number of pyridine rings is 1. The fraction of sp³-hybridized carbons (Fsp3) is 0.385. The molecule has 9 heteroatoms. The Kier molecular flexibility index (Phi) is 6.15. The van der Waals surface area contributed by atoms with Crippen LogP contribution in [0.25, 0.3) is 11.4 Å². The van der Waals surface area contributed by atoms with Gasteiger partial charge in [-0.25, -0.2) is 4.98 Å². The number of carbonyl (C=O) groups is 2. The molecule has 0 bridgehead atoms. The summed E-state index contributed by atoms with van der Waals surface area (Å²) in [6.07, 6.45) is 6.21. The third-order valence-corrected chi connectivity index (χ3v) is 7.43. The normalized spacial score (nSPS) is 19.0. The van der Waals surface area contributed by atoms with Crippen molar-refractivity contribution >= 4 is 23.3 Å². The van der Waals surface area contributed by atoms with Gasteiger partial charge >= 0.3 is 5.97 Å². The number of benzene rings is 1. The highest BCUT2D eigenvalue weighted by molar-refractivity contribution is 6.04. The number of piperidine rings is 1. The number of nitrogens with one attached hydrogen (secondary N) is 2. The van der Waals surface area contributed by atoms with Gasteiger partial charge in [-0.05, 0) is 67.9 Å². The summed E-state index contributed by atoms with van der Waals surface area (Å²) in [7, 11) is 1.58. The maximum atomic E-state index is 12.9. The molecule has 35 heavy (non-hydrogen) atoms. The number of nitrogens with zero attached hydrogens (tertiary/aromatic N) is 3. The van der Waals surface area contributed by atoms with E-state index in [0.717, 1.165) is 56.6 Å². The van der Waals surface area contributed by atoms with Gasteiger partial charge in [-0.15, -0.1) is 0 Å². The van der Waals surface area contributed by atoms with Gasteiger partial charge in [0.25, 0.3) is 5.91 Å². The van der Waals surface area contributed by atoms with Crippen molar-refractivity contribution in [2.45, 2.75) is 32.1 Å². The van der Waals surface area contributed by atoms with Crippen LogP contribution in [0.5, 0.6) is 5.75 Å². The van der Waals surface area contributed by atoms with Crippen LogP contribution < -0.4 is 15.0 Å². The molecule has 0 radical (unpaired) electrons. The van der Waals surface area contributed by atoms with Crippen LogP contribution >= 0.6 is 0 Å². The number of ether oxygens (including phenoxy) is 1. The second-order valence-corrected chi connectivity index (χ2v) is 9.48. The van der Waals surface area contributed by atoms with Crippen LogP contribution in [-0.4, -0.2) is 52.4 Å². The molecular formula is C26H29N5O4. The van der Waals surface area contributed by atoms with Crippen molar-refractivity contribution in [1.29, 1.82) is 0 Å². The minimum Gasteiger partial charge on any atom is -0.494 e. The van der Waals surface area contributed by atoms with E-state index in [0.29, 0.717) is 22.8 Å². The molecule has 2 fully saturated rings. The number of carboxylic acid groups (broad SMARTS) is 1. The van der Waals surface area contributed by atoms with Gasteiger partial charge in [-0.1, -0.05) is 6.07 Å². The van der Waals surface area contributed by atoms with Crippen molar-refractivity contribution in [3.05, 3.63) is 54.4 Å². The number of aliphatic carboxylic acids is 1.